The van der Waals surface area contributed by atoms with Crippen molar-refractivity contribution in [1.82, 2.24) is 9.55 Å². The van der Waals surface area contributed by atoms with Crippen LogP contribution in [0, 0.1) is 0 Å². The first-order valence-electron chi connectivity index (χ1n) is 8.38. The maximum Gasteiger partial charge on any atom is 0.330 e. The van der Waals surface area contributed by atoms with Gasteiger partial charge in [-0.2, -0.15) is 0 Å². The molecule has 0 aliphatic carbocycles. The molecule has 134 valence electrons. The summed E-state index contributed by atoms with van der Waals surface area (Å²) in [4.78, 5) is 26.1. The molecule has 0 bridgehead atoms. The average Bonchev–Trinajstić information content (AvgIpc) is 3.04. The van der Waals surface area contributed by atoms with Crippen LogP contribution >= 0.6 is 0 Å². The zero-order valence-corrected chi connectivity index (χ0v) is 14.1. The van der Waals surface area contributed by atoms with Crippen molar-refractivity contribution in [2.45, 2.75) is 44.8 Å². The van der Waals surface area contributed by atoms with Gasteiger partial charge in [-0.25, -0.2) is 4.79 Å². The van der Waals surface area contributed by atoms with Gasteiger partial charge in [0.05, 0.1) is 19.3 Å². The molecule has 2 heterocycles. The zero-order valence-electron chi connectivity index (χ0n) is 14.1. The third-order valence-corrected chi connectivity index (χ3v) is 4.40. The molecular weight excluding hydrogens is 324 g/mol. The normalized spacial score (nSPS) is 23.0. The first-order valence-corrected chi connectivity index (χ1v) is 8.38. The fraction of sp³-hybridized carbons (Fsp3) is 0.444. The van der Waals surface area contributed by atoms with Crippen LogP contribution in [-0.2, 0) is 22.5 Å². The lowest BCUT2D eigenvalue weighted by Gasteiger charge is -2.16. The van der Waals surface area contributed by atoms with Crippen LogP contribution in [0.3, 0.4) is 0 Å². The third-order valence-electron chi connectivity index (χ3n) is 4.40. The Bertz CT molecular complexity index is 814. The lowest BCUT2D eigenvalue weighted by Crippen LogP contribution is -2.34. The van der Waals surface area contributed by atoms with E-state index in [0.29, 0.717) is 25.0 Å². The predicted molar refractivity (Wildman–Crippen MR) is 91.3 cm³/mol. The van der Waals surface area contributed by atoms with Crippen molar-refractivity contribution in [3.8, 4) is 0 Å². The summed E-state index contributed by atoms with van der Waals surface area (Å²) in [5.74, 6) is 0. The molecule has 1 aliphatic heterocycles. The van der Waals surface area contributed by atoms with Gasteiger partial charge in [0.25, 0.3) is 5.56 Å². The van der Waals surface area contributed by atoms with E-state index < -0.39 is 18.0 Å². The predicted octanol–water partition coefficient (Wildman–Crippen LogP) is 0.964. The van der Waals surface area contributed by atoms with E-state index in [2.05, 4.69) is 4.98 Å². The number of ether oxygens (including phenoxy) is 2. The van der Waals surface area contributed by atoms with Gasteiger partial charge in [-0.15, -0.1) is 0 Å². The molecule has 3 atom stereocenters. The van der Waals surface area contributed by atoms with Crippen molar-refractivity contribution >= 4 is 0 Å². The van der Waals surface area contributed by atoms with Gasteiger partial charge in [-0.05, 0) is 12.0 Å². The molecule has 2 N–H and O–H groups in total. The molecule has 25 heavy (non-hydrogen) atoms. The van der Waals surface area contributed by atoms with E-state index in [-0.39, 0.29) is 18.3 Å². The van der Waals surface area contributed by atoms with E-state index in [0.717, 1.165) is 5.56 Å². The Morgan fingerprint density at radius 2 is 2.08 bits per heavy atom. The Morgan fingerprint density at radius 1 is 1.32 bits per heavy atom. The number of aliphatic hydroxyl groups is 1. The Morgan fingerprint density at radius 3 is 2.76 bits per heavy atom. The van der Waals surface area contributed by atoms with Crippen LogP contribution in [0.25, 0.3) is 0 Å². The Hall–Kier alpha value is -2.22. The number of hydrogen-bond donors (Lipinski definition) is 2. The number of aromatic amines is 1. The smallest absolute Gasteiger partial charge is 0.330 e. The van der Waals surface area contributed by atoms with Crippen LogP contribution in [0.5, 0.6) is 0 Å². The summed E-state index contributed by atoms with van der Waals surface area (Å²) in [6.45, 7) is 2.05. The highest BCUT2D eigenvalue weighted by Crippen LogP contribution is 2.30. The van der Waals surface area contributed by atoms with E-state index >= 15 is 0 Å². The maximum absolute atomic E-state index is 12.1. The van der Waals surface area contributed by atoms with Crippen molar-refractivity contribution in [3.63, 3.8) is 0 Å². The minimum atomic E-state index is -0.576. The molecule has 7 heteroatoms. The van der Waals surface area contributed by atoms with Crippen molar-refractivity contribution in [3.05, 3.63) is 68.5 Å². The van der Waals surface area contributed by atoms with Crippen molar-refractivity contribution in [1.29, 1.82) is 0 Å². The molecule has 0 spiro atoms. The Labute approximate surface area is 144 Å². The number of benzene rings is 1. The van der Waals surface area contributed by atoms with Gasteiger partial charge in [-0.3, -0.25) is 14.3 Å². The lowest BCUT2D eigenvalue weighted by atomic mass is 10.1. The SMILES string of the molecule is CCc1cn([C@@H]2CC(OCc3ccccc3)[C@H](CO)O2)c(=O)[nH]c1=O. The highest BCUT2D eigenvalue weighted by atomic mass is 16.6. The monoisotopic (exact) mass is 346 g/mol. The summed E-state index contributed by atoms with van der Waals surface area (Å²) in [7, 11) is 0. The van der Waals surface area contributed by atoms with Gasteiger partial charge in [0.15, 0.2) is 0 Å². The second-order valence-electron chi connectivity index (χ2n) is 6.06. The van der Waals surface area contributed by atoms with Gasteiger partial charge in [0.1, 0.15) is 12.3 Å². The van der Waals surface area contributed by atoms with Crippen LogP contribution < -0.4 is 11.2 Å². The largest absolute Gasteiger partial charge is 0.394 e. The molecule has 1 aromatic heterocycles. The Balaban J connectivity index is 1.75. The highest BCUT2D eigenvalue weighted by molar-refractivity contribution is 5.13. The number of nitrogens with one attached hydrogen (secondary N) is 1. The van der Waals surface area contributed by atoms with Gasteiger partial charge < -0.3 is 14.6 Å². The number of hydrogen-bond acceptors (Lipinski definition) is 5. The summed E-state index contributed by atoms with van der Waals surface area (Å²) in [6, 6.07) is 9.72. The van der Waals surface area contributed by atoms with Crippen LogP contribution in [0.15, 0.2) is 46.1 Å². The second-order valence-corrected chi connectivity index (χ2v) is 6.06. The summed E-state index contributed by atoms with van der Waals surface area (Å²) in [5.41, 5.74) is 0.638. The van der Waals surface area contributed by atoms with Crippen molar-refractivity contribution in [2.75, 3.05) is 6.61 Å². The average molecular weight is 346 g/mol. The molecule has 1 fully saturated rings. The van der Waals surface area contributed by atoms with Gasteiger partial charge in [0, 0.05) is 18.2 Å². The van der Waals surface area contributed by atoms with Crippen LogP contribution in [0.2, 0.25) is 0 Å². The molecule has 1 aliphatic rings. The first-order chi connectivity index (χ1) is 12.1. The summed E-state index contributed by atoms with van der Waals surface area (Å²) < 4.78 is 13.0. The second kappa shape index (κ2) is 7.77. The van der Waals surface area contributed by atoms with Crippen LogP contribution in [0.1, 0.15) is 30.7 Å². The number of rotatable bonds is 6. The van der Waals surface area contributed by atoms with Crippen molar-refractivity contribution < 1.29 is 14.6 Å². The highest BCUT2D eigenvalue weighted by Gasteiger charge is 2.37. The molecule has 0 amide bonds. The van der Waals surface area contributed by atoms with E-state index in [4.69, 9.17) is 9.47 Å². The van der Waals surface area contributed by atoms with Gasteiger partial charge in [0.2, 0.25) is 0 Å². The molecule has 7 nitrogen and oxygen atoms in total. The zero-order chi connectivity index (χ0) is 17.8. The fourth-order valence-corrected chi connectivity index (χ4v) is 2.98. The fourth-order valence-electron chi connectivity index (χ4n) is 2.98. The molecular formula is C18H22N2O5. The minimum absolute atomic E-state index is 0.200. The first kappa shape index (κ1) is 17.6. The minimum Gasteiger partial charge on any atom is -0.394 e. The van der Waals surface area contributed by atoms with E-state index in [1.807, 2.05) is 37.3 Å². The number of H-pyrrole nitrogens is 1. The number of aromatic nitrogens is 2. The lowest BCUT2D eigenvalue weighted by molar-refractivity contribution is -0.0658. The third kappa shape index (κ3) is 3.89. The van der Waals surface area contributed by atoms with Crippen molar-refractivity contribution in [2.24, 2.45) is 0 Å². The Kier molecular flexibility index (Phi) is 5.47. The topological polar surface area (TPSA) is 93.6 Å². The van der Waals surface area contributed by atoms with E-state index in [1.165, 1.54) is 10.8 Å². The molecule has 1 saturated heterocycles. The van der Waals surface area contributed by atoms with E-state index in [1.54, 1.807) is 0 Å². The van der Waals surface area contributed by atoms with Gasteiger partial charge >= 0.3 is 5.69 Å². The van der Waals surface area contributed by atoms with Crippen LogP contribution in [-0.4, -0.2) is 33.5 Å². The molecule has 0 saturated carbocycles. The molecule has 1 aromatic carbocycles. The maximum atomic E-state index is 12.1. The number of aliphatic hydroxyl groups excluding tert-OH is 1. The number of aryl methyl sites for hydroxylation is 1. The molecule has 3 rings (SSSR count). The number of nitrogens with zero attached hydrogens (tertiary/aromatic N) is 1. The van der Waals surface area contributed by atoms with Crippen LogP contribution in [0.4, 0.5) is 0 Å². The summed E-state index contributed by atoms with van der Waals surface area (Å²) in [5, 5.41) is 9.56. The molecule has 0 radical (unpaired) electrons. The molecule has 1 unspecified atom stereocenters. The van der Waals surface area contributed by atoms with E-state index in [9.17, 15) is 14.7 Å². The standard InChI is InChI=1S/C18H22N2O5/c1-2-13-9-20(18(23)19-17(13)22)16-8-14(15(10-21)25-16)24-11-12-6-4-3-5-7-12/h3-7,9,14-16,21H,2,8,10-11H2,1H3,(H,19,22,23)/t14?,15-,16-/m0/s1. The quantitative estimate of drug-likeness (QED) is 0.813. The molecule has 2 aromatic rings. The summed E-state index contributed by atoms with van der Waals surface area (Å²) >= 11 is 0. The summed E-state index contributed by atoms with van der Waals surface area (Å²) in [6.07, 6.45) is 1.04. The van der Waals surface area contributed by atoms with Gasteiger partial charge in [-0.1, -0.05) is 37.3 Å².